The Balaban J connectivity index is 1.67. The molecule has 2 amide bonds. The summed E-state index contributed by atoms with van der Waals surface area (Å²) >= 11 is 6.09. The van der Waals surface area contributed by atoms with Crippen molar-refractivity contribution in [2.75, 3.05) is 18.6 Å². The van der Waals surface area contributed by atoms with Crippen LogP contribution < -0.4 is 4.90 Å². The zero-order chi connectivity index (χ0) is 26.7. The number of nitrogens with zero attached hydrogens (tertiary/aromatic N) is 2. The molecule has 1 aliphatic heterocycles. The van der Waals surface area contributed by atoms with Gasteiger partial charge in [0.2, 0.25) is 15.9 Å². The van der Waals surface area contributed by atoms with E-state index in [4.69, 9.17) is 11.6 Å². The molecule has 0 N–H and O–H groups in total. The Morgan fingerprint density at radius 1 is 1.05 bits per heavy atom. The Labute approximate surface area is 220 Å². The third-order valence-corrected chi connectivity index (χ3v) is 8.31. The maximum Gasteiger partial charge on any atom is 0.337 e. The molecule has 0 aliphatic carbocycles. The molecule has 3 aromatic rings. The molecule has 0 bridgehead atoms. The first-order valence-electron chi connectivity index (χ1n) is 11.5. The number of sulfonamides is 1. The van der Waals surface area contributed by atoms with E-state index >= 15 is 0 Å². The smallest absolute Gasteiger partial charge is 0.337 e. The summed E-state index contributed by atoms with van der Waals surface area (Å²) in [6.45, 7) is 1.81. The van der Waals surface area contributed by atoms with Gasteiger partial charge in [-0.1, -0.05) is 41.4 Å². The number of amides is 2. The lowest BCUT2D eigenvalue weighted by Crippen LogP contribution is -2.46. The van der Waals surface area contributed by atoms with Crippen molar-refractivity contribution < 1.29 is 27.5 Å². The van der Waals surface area contributed by atoms with Crippen LogP contribution in [0.25, 0.3) is 0 Å². The van der Waals surface area contributed by atoms with Crippen molar-refractivity contribution >= 4 is 45.1 Å². The molecule has 4 rings (SSSR count). The lowest BCUT2D eigenvalue weighted by Gasteiger charge is -2.27. The first-order chi connectivity index (χ1) is 17.6. The number of hydrogen-bond donors (Lipinski definition) is 0. The summed E-state index contributed by atoms with van der Waals surface area (Å²) in [4.78, 5) is 39.2. The molecule has 0 radical (unpaired) electrons. The lowest BCUT2D eigenvalue weighted by atomic mass is 10.1. The molecule has 0 saturated carbocycles. The number of imide groups is 1. The van der Waals surface area contributed by atoms with Gasteiger partial charge in [-0.25, -0.2) is 18.1 Å². The molecular formula is C27H25ClN2O6S. The lowest BCUT2D eigenvalue weighted by molar-refractivity contribution is -0.122. The highest BCUT2D eigenvalue weighted by molar-refractivity contribution is 7.89. The Bertz CT molecular complexity index is 1440. The minimum absolute atomic E-state index is 0.0324. The molecule has 10 heteroatoms. The Hall–Kier alpha value is -3.53. The Morgan fingerprint density at radius 2 is 1.73 bits per heavy atom. The number of anilines is 1. The van der Waals surface area contributed by atoms with Crippen molar-refractivity contribution in [3.63, 3.8) is 0 Å². The number of benzene rings is 3. The molecule has 8 nitrogen and oxygen atoms in total. The van der Waals surface area contributed by atoms with Crippen molar-refractivity contribution in [3.05, 3.63) is 94.5 Å². The van der Waals surface area contributed by atoms with Gasteiger partial charge < -0.3 is 4.74 Å². The van der Waals surface area contributed by atoms with Crippen LogP contribution in [0.4, 0.5) is 5.69 Å². The van der Waals surface area contributed by atoms with Gasteiger partial charge in [-0.15, -0.1) is 0 Å². The molecule has 1 unspecified atom stereocenters. The van der Waals surface area contributed by atoms with E-state index in [1.807, 2.05) is 13.0 Å². The fourth-order valence-corrected chi connectivity index (χ4v) is 5.99. The molecule has 3 aromatic carbocycles. The molecule has 0 spiro atoms. The van der Waals surface area contributed by atoms with E-state index in [9.17, 15) is 22.8 Å². The number of halogens is 1. The molecule has 1 heterocycles. The van der Waals surface area contributed by atoms with Gasteiger partial charge in [-0.3, -0.25) is 9.59 Å². The van der Waals surface area contributed by atoms with Crippen LogP contribution in [0.3, 0.4) is 0 Å². The van der Waals surface area contributed by atoms with E-state index in [1.54, 1.807) is 30.3 Å². The van der Waals surface area contributed by atoms with Crippen molar-refractivity contribution in [2.45, 2.75) is 30.7 Å². The zero-order valence-electron chi connectivity index (χ0n) is 20.3. The van der Waals surface area contributed by atoms with Crippen molar-refractivity contribution in [1.82, 2.24) is 4.31 Å². The third-order valence-electron chi connectivity index (χ3n) is 6.15. The van der Waals surface area contributed by atoms with E-state index < -0.39 is 33.8 Å². The first kappa shape index (κ1) is 26.5. The van der Waals surface area contributed by atoms with Gasteiger partial charge in [0.05, 0.1) is 29.7 Å². The van der Waals surface area contributed by atoms with Crippen LogP contribution in [0.5, 0.6) is 0 Å². The molecule has 1 saturated heterocycles. The van der Waals surface area contributed by atoms with Gasteiger partial charge in [0.15, 0.2) is 0 Å². The number of aryl methyl sites for hydroxylation is 1. The highest BCUT2D eigenvalue weighted by Gasteiger charge is 2.46. The van der Waals surface area contributed by atoms with Crippen LogP contribution in [0, 0.1) is 6.92 Å². The summed E-state index contributed by atoms with van der Waals surface area (Å²) in [5, 5.41) is 0.513. The van der Waals surface area contributed by atoms with E-state index in [2.05, 4.69) is 4.74 Å². The average molecular weight is 541 g/mol. The largest absolute Gasteiger partial charge is 0.465 e. The highest BCUT2D eigenvalue weighted by Crippen LogP contribution is 2.30. The van der Waals surface area contributed by atoms with Gasteiger partial charge in [-0.2, -0.15) is 4.31 Å². The number of hydrogen-bond acceptors (Lipinski definition) is 6. The van der Waals surface area contributed by atoms with E-state index in [-0.39, 0.29) is 35.5 Å². The maximum atomic E-state index is 13.7. The van der Waals surface area contributed by atoms with Crippen molar-refractivity contribution in [1.29, 1.82) is 0 Å². The maximum absolute atomic E-state index is 13.7. The van der Waals surface area contributed by atoms with Crippen LogP contribution in [0.15, 0.2) is 77.7 Å². The number of carbonyl (C=O) groups is 3. The number of esters is 1. The second-order valence-corrected chi connectivity index (χ2v) is 11.0. The predicted octanol–water partition coefficient (Wildman–Crippen LogP) is 4.00. The fourth-order valence-electron chi connectivity index (χ4n) is 4.20. The SMILES string of the molecule is COC(=O)c1ccc(N2C(=O)CC(N(CCc3cccc(Cl)c3)S(=O)(=O)c3ccc(C)cc3)C2=O)cc1. The number of ether oxygens (including phenoxy) is 1. The van der Waals surface area contributed by atoms with E-state index in [1.165, 1.54) is 43.5 Å². The van der Waals surface area contributed by atoms with Crippen LogP contribution in [0.1, 0.15) is 27.9 Å². The van der Waals surface area contributed by atoms with Gasteiger partial charge in [0, 0.05) is 11.6 Å². The van der Waals surface area contributed by atoms with Gasteiger partial charge in [0.1, 0.15) is 6.04 Å². The molecule has 1 fully saturated rings. The molecular weight excluding hydrogens is 516 g/mol. The summed E-state index contributed by atoms with van der Waals surface area (Å²) in [5.41, 5.74) is 2.18. The van der Waals surface area contributed by atoms with Gasteiger partial charge >= 0.3 is 5.97 Å². The quantitative estimate of drug-likeness (QED) is 0.316. The summed E-state index contributed by atoms with van der Waals surface area (Å²) < 4.78 is 33.2. The second-order valence-electron chi connectivity index (χ2n) is 8.63. The number of carbonyl (C=O) groups excluding carboxylic acids is 3. The first-order valence-corrected chi connectivity index (χ1v) is 13.3. The minimum Gasteiger partial charge on any atom is -0.465 e. The number of rotatable bonds is 8. The van der Waals surface area contributed by atoms with E-state index in [0.717, 1.165) is 20.3 Å². The van der Waals surface area contributed by atoms with Gasteiger partial charge in [0.25, 0.3) is 5.91 Å². The number of methoxy groups -OCH3 is 1. The predicted molar refractivity (Wildman–Crippen MR) is 139 cm³/mol. The normalized spacial score (nSPS) is 15.9. The van der Waals surface area contributed by atoms with Crippen molar-refractivity contribution in [3.8, 4) is 0 Å². The zero-order valence-corrected chi connectivity index (χ0v) is 21.8. The average Bonchev–Trinajstić information content (AvgIpc) is 3.17. The molecule has 37 heavy (non-hydrogen) atoms. The van der Waals surface area contributed by atoms with Crippen LogP contribution >= 0.6 is 11.6 Å². The molecule has 1 atom stereocenters. The Kier molecular flexibility index (Phi) is 7.77. The van der Waals surface area contributed by atoms with Gasteiger partial charge in [-0.05, 0) is 67.4 Å². The van der Waals surface area contributed by atoms with Crippen LogP contribution in [-0.4, -0.2) is 50.2 Å². The summed E-state index contributed by atoms with van der Waals surface area (Å²) in [5.74, 6) is -1.75. The monoisotopic (exact) mass is 540 g/mol. The van der Waals surface area contributed by atoms with Crippen LogP contribution in [0.2, 0.25) is 5.02 Å². The summed E-state index contributed by atoms with van der Waals surface area (Å²) in [6.07, 6.45) is -0.0182. The second kappa shape index (κ2) is 10.8. The molecule has 0 aromatic heterocycles. The summed E-state index contributed by atoms with van der Waals surface area (Å²) in [6, 6.07) is 17.9. The standard InChI is InChI=1S/C27H25ClN2O6S/c1-18-6-12-23(13-7-18)37(34,35)29(15-14-19-4-3-5-21(28)16-19)24-17-25(31)30(26(24)32)22-10-8-20(9-11-22)27(33)36-2/h3-13,16,24H,14-15,17H2,1-2H3. The summed E-state index contributed by atoms with van der Waals surface area (Å²) in [7, 11) is -2.87. The third kappa shape index (κ3) is 5.58. The topological polar surface area (TPSA) is 101 Å². The molecule has 192 valence electrons. The Morgan fingerprint density at radius 3 is 2.35 bits per heavy atom. The minimum atomic E-state index is -4.13. The van der Waals surface area contributed by atoms with E-state index in [0.29, 0.717) is 5.02 Å². The molecule has 1 aliphatic rings. The van der Waals surface area contributed by atoms with Crippen LogP contribution in [-0.2, 0) is 30.8 Å². The fraction of sp³-hybridized carbons (Fsp3) is 0.222. The highest BCUT2D eigenvalue weighted by atomic mass is 35.5. The van der Waals surface area contributed by atoms with Crippen molar-refractivity contribution in [2.24, 2.45) is 0 Å².